The van der Waals surface area contributed by atoms with Crippen molar-refractivity contribution in [1.82, 2.24) is 5.32 Å². The maximum atomic E-state index is 5.32. The van der Waals surface area contributed by atoms with Crippen molar-refractivity contribution in [3.05, 3.63) is 28.2 Å². The van der Waals surface area contributed by atoms with Crippen molar-refractivity contribution in [3.63, 3.8) is 0 Å². The molecule has 0 amide bonds. The SMILES string of the molecule is COCc1c(Br)cccc1NC(C)CC1CCCCCN1. The summed E-state index contributed by atoms with van der Waals surface area (Å²) in [4.78, 5) is 0. The highest BCUT2D eigenvalue weighted by Crippen LogP contribution is 2.26. The summed E-state index contributed by atoms with van der Waals surface area (Å²) in [5, 5.41) is 7.33. The number of rotatable bonds is 6. The maximum Gasteiger partial charge on any atom is 0.0744 e. The van der Waals surface area contributed by atoms with E-state index in [0.29, 0.717) is 18.7 Å². The minimum Gasteiger partial charge on any atom is -0.382 e. The Morgan fingerprint density at radius 3 is 3.05 bits per heavy atom. The number of nitrogens with one attached hydrogen (secondary N) is 2. The Morgan fingerprint density at radius 1 is 1.38 bits per heavy atom. The first kappa shape index (κ1) is 16.8. The number of hydrogen-bond acceptors (Lipinski definition) is 3. The minimum absolute atomic E-state index is 0.450. The van der Waals surface area contributed by atoms with E-state index >= 15 is 0 Å². The summed E-state index contributed by atoms with van der Waals surface area (Å²) >= 11 is 3.61. The number of methoxy groups -OCH3 is 1. The molecule has 4 heteroatoms. The van der Waals surface area contributed by atoms with Crippen LogP contribution in [0.3, 0.4) is 0 Å². The smallest absolute Gasteiger partial charge is 0.0744 e. The van der Waals surface area contributed by atoms with Crippen LogP contribution in [-0.2, 0) is 11.3 Å². The summed E-state index contributed by atoms with van der Waals surface area (Å²) in [7, 11) is 1.74. The van der Waals surface area contributed by atoms with Gasteiger partial charge in [-0.25, -0.2) is 0 Å². The second-order valence-electron chi connectivity index (χ2n) is 5.98. The van der Waals surface area contributed by atoms with Crippen LogP contribution in [0.2, 0.25) is 0 Å². The van der Waals surface area contributed by atoms with E-state index in [4.69, 9.17) is 4.74 Å². The van der Waals surface area contributed by atoms with Gasteiger partial charge in [0.2, 0.25) is 0 Å². The molecule has 1 aromatic rings. The first-order valence-electron chi connectivity index (χ1n) is 7.97. The molecule has 0 saturated carbocycles. The lowest BCUT2D eigenvalue weighted by atomic mass is 10.0. The highest BCUT2D eigenvalue weighted by atomic mass is 79.9. The van der Waals surface area contributed by atoms with Gasteiger partial charge in [0.05, 0.1) is 6.61 Å². The van der Waals surface area contributed by atoms with Crippen molar-refractivity contribution >= 4 is 21.6 Å². The Hall–Kier alpha value is -0.580. The van der Waals surface area contributed by atoms with Gasteiger partial charge >= 0.3 is 0 Å². The highest BCUT2D eigenvalue weighted by molar-refractivity contribution is 9.10. The van der Waals surface area contributed by atoms with Crippen LogP contribution in [0.25, 0.3) is 0 Å². The van der Waals surface area contributed by atoms with Crippen LogP contribution in [0.4, 0.5) is 5.69 Å². The topological polar surface area (TPSA) is 33.3 Å². The Morgan fingerprint density at radius 2 is 2.24 bits per heavy atom. The fourth-order valence-electron chi connectivity index (χ4n) is 3.04. The third-order valence-corrected chi connectivity index (χ3v) is 4.85. The first-order chi connectivity index (χ1) is 10.2. The van der Waals surface area contributed by atoms with Crippen molar-refractivity contribution in [2.45, 2.75) is 57.7 Å². The number of halogens is 1. The largest absolute Gasteiger partial charge is 0.382 e. The summed E-state index contributed by atoms with van der Waals surface area (Å²) in [5.41, 5.74) is 2.37. The van der Waals surface area contributed by atoms with E-state index in [1.165, 1.54) is 49.9 Å². The van der Waals surface area contributed by atoms with Crippen molar-refractivity contribution in [3.8, 4) is 0 Å². The third kappa shape index (κ3) is 5.28. The maximum absolute atomic E-state index is 5.32. The van der Waals surface area contributed by atoms with Gasteiger partial charge in [-0.2, -0.15) is 0 Å². The van der Waals surface area contributed by atoms with Gasteiger partial charge in [0, 0.05) is 34.9 Å². The van der Waals surface area contributed by atoms with Gasteiger partial charge in [-0.3, -0.25) is 0 Å². The average molecular weight is 355 g/mol. The predicted molar refractivity (Wildman–Crippen MR) is 92.8 cm³/mol. The number of ether oxygens (including phenoxy) is 1. The lowest BCUT2D eigenvalue weighted by molar-refractivity contribution is 0.185. The second kappa shape index (κ2) is 8.76. The second-order valence-corrected chi connectivity index (χ2v) is 6.83. The lowest BCUT2D eigenvalue weighted by Gasteiger charge is -2.23. The molecule has 2 unspecified atom stereocenters. The number of anilines is 1. The van der Waals surface area contributed by atoms with Gasteiger partial charge in [0.1, 0.15) is 0 Å². The van der Waals surface area contributed by atoms with E-state index in [9.17, 15) is 0 Å². The van der Waals surface area contributed by atoms with Crippen LogP contribution >= 0.6 is 15.9 Å². The van der Waals surface area contributed by atoms with E-state index in [1.54, 1.807) is 7.11 Å². The number of benzene rings is 1. The van der Waals surface area contributed by atoms with Crippen LogP contribution < -0.4 is 10.6 Å². The zero-order valence-electron chi connectivity index (χ0n) is 13.1. The molecule has 1 aliphatic rings. The lowest BCUT2D eigenvalue weighted by Crippen LogP contribution is -2.33. The van der Waals surface area contributed by atoms with Crippen molar-refractivity contribution in [1.29, 1.82) is 0 Å². The molecule has 0 spiro atoms. The molecule has 0 aliphatic carbocycles. The zero-order valence-corrected chi connectivity index (χ0v) is 14.7. The molecular formula is C17H27BrN2O. The van der Waals surface area contributed by atoms with Crippen molar-refractivity contribution in [2.75, 3.05) is 19.0 Å². The Bertz CT molecular complexity index is 431. The third-order valence-electron chi connectivity index (χ3n) is 4.11. The molecule has 0 bridgehead atoms. The van der Waals surface area contributed by atoms with Gasteiger partial charge in [-0.1, -0.05) is 34.8 Å². The van der Waals surface area contributed by atoms with Gasteiger partial charge < -0.3 is 15.4 Å². The monoisotopic (exact) mass is 354 g/mol. The van der Waals surface area contributed by atoms with Crippen LogP contribution in [0.1, 0.15) is 44.6 Å². The minimum atomic E-state index is 0.450. The molecule has 1 saturated heterocycles. The molecule has 3 nitrogen and oxygen atoms in total. The van der Waals surface area contributed by atoms with Crippen molar-refractivity contribution < 1.29 is 4.74 Å². The molecule has 1 fully saturated rings. The van der Waals surface area contributed by atoms with Crippen LogP contribution in [0.15, 0.2) is 22.7 Å². The molecule has 2 rings (SSSR count). The van der Waals surface area contributed by atoms with E-state index in [-0.39, 0.29) is 0 Å². The normalized spacial score (nSPS) is 20.8. The Labute approximate surface area is 137 Å². The zero-order chi connectivity index (χ0) is 15.1. The summed E-state index contributed by atoms with van der Waals surface area (Å²) in [6.45, 7) is 4.06. The summed E-state index contributed by atoms with van der Waals surface area (Å²) in [5.74, 6) is 0. The molecule has 0 aromatic heterocycles. The quantitative estimate of drug-likeness (QED) is 0.797. The molecule has 1 aliphatic heterocycles. The molecule has 2 N–H and O–H groups in total. The standard InChI is InChI=1S/C17H27BrN2O/c1-13(11-14-7-4-3-5-10-19-14)20-17-9-6-8-16(18)15(17)12-21-2/h6,8-9,13-14,19-20H,3-5,7,10-12H2,1-2H3. The van der Waals surface area contributed by atoms with Gasteiger partial charge in [-0.15, -0.1) is 0 Å². The average Bonchev–Trinajstić information content (AvgIpc) is 2.71. The van der Waals surface area contributed by atoms with Gasteiger partial charge in [0.25, 0.3) is 0 Å². The molecular weight excluding hydrogens is 328 g/mol. The predicted octanol–water partition coefficient (Wildman–Crippen LogP) is 4.32. The molecule has 0 radical (unpaired) electrons. The highest BCUT2D eigenvalue weighted by Gasteiger charge is 2.16. The number of hydrogen-bond donors (Lipinski definition) is 2. The van der Waals surface area contributed by atoms with Gasteiger partial charge in [0.15, 0.2) is 0 Å². The van der Waals surface area contributed by atoms with E-state index in [0.717, 1.165) is 4.47 Å². The molecule has 2 atom stereocenters. The van der Waals surface area contributed by atoms with E-state index in [2.05, 4.69) is 51.7 Å². The van der Waals surface area contributed by atoms with E-state index in [1.807, 2.05) is 0 Å². The molecule has 21 heavy (non-hydrogen) atoms. The first-order valence-corrected chi connectivity index (χ1v) is 8.76. The molecule has 1 aromatic carbocycles. The van der Waals surface area contributed by atoms with E-state index < -0.39 is 0 Å². The fourth-order valence-corrected chi connectivity index (χ4v) is 3.52. The Balaban J connectivity index is 1.95. The summed E-state index contributed by atoms with van der Waals surface area (Å²) in [6, 6.07) is 7.37. The summed E-state index contributed by atoms with van der Waals surface area (Å²) < 4.78 is 6.42. The van der Waals surface area contributed by atoms with Crippen LogP contribution in [-0.4, -0.2) is 25.7 Å². The van der Waals surface area contributed by atoms with Gasteiger partial charge in [-0.05, 0) is 44.9 Å². The van der Waals surface area contributed by atoms with Crippen LogP contribution in [0, 0.1) is 0 Å². The fraction of sp³-hybridized carbons (Fsp3) is 0.647. The Kier molecular flexibility index (Phi) is 7.00. The molecule has 1 heterocycles. The van der Waals surface area contributed by atoms with Crippen LogP contribution in [0.5, 0.6) is 0 Å². The van der Waals surface area contributed by atoms with Crippen molar-refractivity contribution in [2.24, 2.45) is 0 Å². The molecule has 118 valence electrons. The summed E-state index contributed by atoms with van der Waals surface area (Å²) in [6.07, 6.45) is 6.52.